The fourth-order valence-corrected chi connectivity index (χ4v) is 3.15. The maximum absolute atomic E-state index is 13.0. The van der Waals surface area contributed by atoms with Crippen LogP contribution in [0.25, 0.3) is 0 Å². The molecule has 1 aliphatic heterocycles. The molecule has 1 aliphatic rings. The molecule has 6 nitrogen and oxygen atoms in total. The number of carbonyl (C=O) groups is 2. The summed E-state index contributed by atoms with van der Waals surface area (Å²) < 4.78 is 5.28. The van der Waals surface area contributed by atoms with Crippen molar-refractivity contribution in [3.63, 3.8) is 0 Å². The summed E-state index contributed by atoms with van der Waals surface area (Å²) in [6.45, 7) is 1.68. The van der Waals surface area contributed by atoms with Crippen molar-refractivity contribution in [3.8, 4) is 11.8 Å². The lowest BCUT2D eigenvalue weighted by molar-refractivity contribution is -0.131. The molecule has 1 saturated heterocycles. The highest BCUT2D eigenvalue weighted by Crippen LogP contribution is 2.32. The summed E-state index contributed by atoms with van der Waals surface area (Å²) in [7, 11) is 1.51. The summed E-state index contributed by atoms with van der Waals surface area (Å²) in [4.78, 5) is 26.6. The first kappa shape index (κ1) is 17.8. The number of rotatable bonds is 4. The average Bonchev–Trinajstić information content (AvgIpc) is 2.86. The fourth-order valence-electron chi connectivity index (χ4n) is 2.96. The van der Waals surface area contributed by atoms with E-state index < -0.39 is 11.6 Å². The Kier molecular flexibility index (Phi) is 4.58. The SMILES string of the molecule is COc1ccc(Cl)cc1CN1C(=O)N[C@@](C)(c2ccc(C#N)cc2)C1=O. The topological polar surface area (TPSA) is 82.4 Å². The van der Waals surface area contributed by atoms with E-state index in [9.17, 15) is 9.59 Å². The van der Waals surface area contributed by atoms with Gasteiger partial charge in [-0.25, -0.2) is 4.79 Å². The zero-order chi connectivity index (χ0) is 18.9. The number of urea groups is 1. The van der Waals surface area contributed by atoms with Crippen molar-refractivity contribution >= 4 is 23.5 Å². The van der Waals surface area contributed by atoms with Crippen molar-refractivity contribution in [3.05, 3.63) is 64.2 Å². The standard InChI is InChI=1S/C19H16ClN3O3/c1-19(14-5-3-12(10-21)4-6-14)17(24)23(18(25)22-19)11-13-9-15(20)7-8-16(13)26-2/h3-9H,11H2,1-2H3,(H,22,25)/t19-/m0/s1. The summed E-state index contributed by atoms with van der Waals surface area (Å²) in [5.41, 5.74) is 0.522. The van der Waals surface area contributed by atoms with Gasteiger partial charge in [0.1, 0.15) is 11.3 Å². The fraction of sp³-hybridized carbons (Fsp3) is 0.211. The number of imide groups is 1. The molecule has 3 rings (SSSR count). The van der Waals surface area contributed by atoms with E-state index in [0.29, 0.717) is 27.5 Å². The van der Waals surface area contributed by atoms with Gasteiger partial charge in [-0.3, -0.25) is 9.69 Å². The number of ether oxygens (including phenoxy) is 1. The van der Waals surface area contributed by atoms with E-state index in [1.807, 2.05) is 6.07 Å². The maximum atomic E-state index is 13.0. The molecule has 132 valence electrons. The first-order valence-corrected chi connectivity index (χ1v) is 8.24. The van der Waals surface area contributed by atoms with Crippen LogP contribution in [0.2, 0.25) is 5.02 Å². The van der Waals surface area contributed by atoms with E-state index in [2.05, 4.69) is 5.32 Å². The van der Waals surface area contributed by atoms with Gasteiger partial charge in [-0.1, -0.05) is 23.7 Å². The van der Waals surface area contributed by atoms with Crippen molar-refractivity contribution in [2.24, 2.45) is 0 Å². The van der Waals surface area contributed by atoms with Crippen LogP contribution in [0.1, 0.15) is 23.6 Å². The van der Waals surface area contributed by atoms with Gasteiger partial charge in [0.15, 0.2) is 0 Å². The van der Waals surface area contributed by atoms with E-state index >= 15 is 0 Å². The second-order valence-corrected chi connectivity index (χ2v) is 6.53. The summed E-state index contributed by atoms with van der Waals surface area (Å²) in [5.74, 6) is 0.163. The quantitative estimate of drug-likeness (QED) is 0.839. The molecule has 0 radical (unpaired) electrons. The zero-order valence-electron chi connectivity index (χ0n) is 14.2. The summed E-state index contributed by atoms with van der Waals surface area (Å²) in [6, 6.07) is 13.1. The Hall–Kier alpha value is -3.04. The molecule has 0 aromatic heterocycles. The number of hydrogen-bond donors (Lipinski definition) is 1. The summed E-state index contributed by atoms with van der Waals surface area (Å²) in [6.07, 6.45) is 0. The Bertz CT molecular complexity index is 921. The third-order valence-electron chi connectivity index (χ3n) is 4.44. The van der Waals surface area contributed by atoms with Gasteiger partial charge in [0.05, 0.1) is 25.3 Å². The van der Waals surface area contributed by atoms with Gasteiger partial charge >= 0.3 is 6.03 Å². The summed E-state index contributed by atoms with van der Waals surface area (Å²) >= 11 is 6.03. The Morgan fingerprint density at radius 1 is 1.23 bits per heavy atom. The molecule has 1 N–H and O–H groups in total. The van der Waals surface area contributed by atoms with Gasteiger partial charge in [-0.2, -0.15) is 5.26 Å². The molecule has 0 unspecified atom stereocenters. The van der Waals surface area contributed by atoms with Crippen LogP contribution in [0.5, 0.6) is 5.75 Å². The molecule has 0 bridgehead atoms. The molecular formula is C19H16ClN3O3. The van der Waals surface area contributed by atoms with Crippen molar-refractivity contribution in [1.82, 2.24) is 10.2 Å². The zero-order valence-corrected chi connectivity index (χ0v) is 15.0. The molecule has 1 atom stereocenters. The molecule has 26 heavy (non-hydrogen) atoms. The number of nitriles is 1. The highest BCUT2D eigenvalue weighted by atomic mass is 35.5. The van der Waals surface area contributed by atoms with Crippen molar-refractivity contribution < 1.29 is 14.3 Å². The Balaban J connectivity index is 1.91. The number of methoxy groups -OCH3 is 1. The molecule has 0 spiro atoms. The third kappa shape index (κ3) is 2.98. The number of amides is 3. The van der Waals surface area contributed by atoms with Gasteiger partial charge in [0.2, 0.25) is 0 Å². The molecule has 2 aromatic rings. The van der Waals surface area contributed by atoms with Crippen molar-refractivity contribution in [1.29, 1.82) is 5.26 Å². The minimum absolute atomic E-state index is 0.0419. The molecule has 0 saturated carbocycles. The normalized spacial score (nSPS) is 19.2. The second kappa shape index (κ2) is 6.70. The van der Waals surface area contributed by atoms with Gasteiger partial charge in [0, 0.05) is 10.6 Å². The Labute approximate surface area is 155 Å². The molecule has 7 heteroatoms. The molecule has 1 fully saturated rings. The van der Waals surface area contributed by atoms with Gasteiger partial charge in [-0.05, 0) is 42.8 Å². The average molecular weight is 370 g/mol. The van der Waals surface area contributed by atoms with Crippen LogP contribution in [0.15, 0.2) is 42.5 Å². The number of hydrogen-bond acceptors (Lipinski definition) is 4. The molecular weight excluding hydrogens is 354 g/mol. The van der Waals surface area contributed by atoms with Gasteiger partial charge in [-0.15, -0.1) is 0 Å². The van der Waals surface area contributed by atoms with E-state index in [-0.39, 0.29) is 12.5 Å². The minimum Gasteiger partial charge on any atom is -0.496 e. The largest absolute Gasteiger partial charge is 0.496 e. The van der Waals surface area contributed by atoms with Crippen molar-refractivity contribution in [2.75, 3.05) is 7.11 Å². The third-order valence-corrected chi connectivity index (χ3v) is 4.67. The smallest absolute Gasteiger partial charge is 0.325 e. The lowest BCUT2D eigenvalue weighted by Crippen LogP contribution is -2.40. The van der Waals surface area contributed by atoms with Crippen LogP contribution >= 0.6 is 11.6 Å². The predicted octanol–water partition coefficient (Wildman–Crippen LogP) is 3.19. The first-order chi connectivity index (χ1) is 12.4. The number of halogens is 1. The van der Waals surface area contributed by atoms with Gasteiger partial charge in [0.25, 0.3) is 5.91 Å². The van der Waals surface area contributed by atoms with Crippen LogP contribution in [0, 0.1) is 11.3 Å². The second-order valence-electron chi connectivity index (χ2n) is 6.09. The molecule has 2 aromatic carbocycles. The van der Waals surface area contributed by atoms with Crippen LogP contribution in [0.3, 0.4) is 0 Å². The lowest BCUT2D eigenvalue weighted by atomic mass is 9.91. The van der Waals surface area contributed by atoms with E-state index in [1.165, 1.54) is 7.11 Å². The number of nitrogens with zero attached hydrogens (tertiary/aromatic N) is 2. The van der Waals surface area contributed by atoms with E-state index in [0.717, 1.165) is 4.90 Å². The van der Waals surface area contributed by atoms with Crippen LogP contribution in [-0.4, -0.2) is 23.9 Å². The molecule has 1 heterocycles. The number of carbonyl (C=O) groups excluding carboxylic acids is 2. The number of nitrogens with one attached hydrogen (secondary N) is 1. The Morgan fingerprint density at radius 2 is 1.92 bits per heavy atom. The molecule has 3 amide bonds. The van der Waals surface area contributed by atoms with Gasteiger partial charge < -0.3 is 10.1 Å². The maximum Gasteiger partial charge on any atom is 0.325 e. The monoisotopic (exact) mass is 369 g/mol. The first-order valence-electron chi connectivity index (χ1n) is 7.86. The lowest BCUT2D eigenvalue weighted by Gasteiger charge is -2.22. The highest BCUT2D eigenvalue weighted by Gasteiger charge is 2.49. The van der Waals surface area contributed by atoms with Crippen LogP contribution < -0.4 is 10.1 Å². The van der Waals surface area contributed by atoms with E-state index in [1.54, 1.807) is 49.4 Å². The van der Waals surface area contributed by atoms with Crippen molar-refractivity contribution in [2.45, 2.75) is 19.0 Å². The Morgan fingerprint density at radius 3 is 2.54 bits per heavy atom. The van der Waals surface area contributed by atoms with Crippen LogP contribution in [0.4, 0.5) is 4.79 Å². The van der Waals surface area contributed by atoms with E-state index in [4.69, 9.17) is 21.6 Å². The number of benzene rings is 2. The minimum atomic E-state index is -1.20. The van der Waals surface area contributed by atoms with Crippen LogP contribution in [-0.2, 0) is 16.9 Å². The highest BCUT2D eigenvalue weighted by molar-refractivity contribution is 6.30. The molecule has 0 aliphatic carbocycles. The predicted molar refractivity (Wildman–Crippen MR) is 95.6 cm³/mol. The summed E-state index contributed by atoms with van der Waals surface area (Å²) in [5, 5.41) is 12.1.